The number of likely N-dealkylation sites (tertiary alicyclic amines) is 1. The molecule has 2 aliphatic rings. The standard InChI is InChI=1S/C21H27FN4O/c22-16-6-4-5-15(13-16)14-26-11-9-17(10-12-26)23-21(27)20-18-7-2-1-3-8-19(18)24-25-20/h4-6,13,17H,1-3,7-12,14H2,(H,23,27)(H,24,25). The van der Waals surface area contributed by atoms with Crippen molar-refractivity contribution in [3.8, 4) is 0 Å². The van der Waals surface area contributed by atoms with Crippen LogP contribution in [0.1, 0.15) is 59.4 Å². The highest BCUT2D eigenvalue weighted by molar-refractivity contribution is 5.94. The van der Waals surface area contributed by atoms with Crippen LogP contribution in [0, 0.1) is 5.82 Å². The minimum absolute atomic E-state index is 0.0435. The summed E-state index contributed by atoms with van der Waals surface area (Å²) in [5.74, 6) is -0.231. The first kappa shape index (κ1) is 18.2. The molecule has 1 saturated heterocycles. The summed E-state index contributed by atoms with van der Waals surface area (Å²) in [7, 11) is 0. The van der Waals surface area contributed by atoms with E-state index in [1.807, 2.05) is 6.07 Å². The number of amides is 1. The van der Waals surface area contributed by atoms with E-state index in [2.05, 4.69) is 20.4 Å². The highest BCUT2D eigenvalue weighted by atomic mass is 19.1. The van der Waals surface area contributed by atoms with E-state index < -0.39 is 0 Å². The van der Waals surface area contributed by atoms with Crippen LogP contribution >= 0.6 is 0 Å². The quantitative estimate of drug-likeness (QED) is 0.813. The van der Waals surface area contributed by atoms with E-state index in [0.29, 0.717) is 5.69 Å². The number of hydrogen-bond acceptors (Lipinski definition) is 3. The van der Waals surface area contributed by atoms with Crippen molar-refractivity contribution >= 4 is 5.91 Å². The summed E-state index contributed by atoms with van der Waals surface area (Å²) in [5.41, 5.74) is 3.85. The van der Waals surface area contributed by atoms with Crippen LogP contribution in [0.4, 0.5) is 4.39 Å². The average molecular weight is 370 g/mol. The van der Waals surface area contributed by atoms with Gasteiger partial charge in [0.15, 0.2) is 5.69 Å². The summed E-state index contributed by atoms with van der Waals surface area (Å²) < 4.78 is 13.3. The first-order valence-corrected chi connectivity index (χ1v) is 10.0. The molecule has 27 heavy (non-hydrogen) atoms. The van der Waals surface area contributed by atoms with Gasteiger partial charge in [0.25, 0.3) is 5.91 Å². The number of halogens is 1. The molecule has 5 nitrogen and oxygen atoms in total. The van der Waals surface area contributed by atoms with Gasteiger partial charge in [-0.25, -0.2) is 4.39 Å². The van der Waals surface area contributed by atoms with Gasteiger partial charge in [-0.3, -0.25) is 14.8 Å². The lowest BCUT2D eigenvalue weighted by Gasteiger charge is -2.32. The van der Waals surface area contributed by atoms with Crippen LogP contribution in [-0.2, 0) is 19.4 Å². The zero-order valence-corrected chi connectivity index (χ0v) is 15.6. The van der Waals surface area contributed by atoms with Crippen molar-refractivity contribution in [2.45, 2.75) is 57.5 Å². The predicted octanol–water partition coefficient (Wildman–Crippen LogP) is 3.21. The van der Waals surface area contributed by atoms with Gasteiger partial charge >= 0.3 is 0 Å². The molecular weight excluding hydrogens is 343 g/mol. The normalized spacial score (nSPS) is 18.7. The van der Waals surface area contributed by atoms with E-state index in [0.717, 1.165) is 68.6 Å². The fraction of sp³-hybridized carbons (Fsp3) is 0.524. The van der Waals surface area contributed by atoms with Crippen LogP contribution < -0.4 is 5.32 Å². The van der Waals surface area contributed by atoms with Gasteiger partial charge in [0.05, 0.1) is 0 Å². The Kier molecular flexibility index (Phi) is 5.53. The summed E-state index contributed by atoms with van der Waals surface area (Å²) in [5, 5.41) is 10.6. The number of aromatic nitrogens is 2. The minimum Gasteiger partial charge on any atom is -0.348 e. The number of hydrogen-bond donors (Lipinski definition) is 2. The highest BCUT2D eigenvalue weighted by Gasteiger charge is 2.25. The molecule has 0 radical (unpaired) electrons. The van der Waals surface area contributed by atoms with Crippen LogP contribution in [0.25, 0.3) is 0 Å². The third kappa shape index (κ3) is 4.38. The smallest absolute Gasteiger partial charge is 0.272 e. The van der Waals surface area contributed by atoms with Crippen molar-refractivity contribution in [1.29, 1.82) is 0 Å². The van der Waals surface area contributed by atoms with E-state index in [4.69, 9.17) is 0 Å². The Labute approximate surface area is 159 Å². The van der Waals surface area contributed by atoms with Gasteiger partial charge < -0.3 is 5.32 Å². The molecule has 1 aromatic carbocycles. The van der Waals surface area contributed by atoms with Gasteiger partial charge in [0.1, 0.15) is 5.82 Å². The maximum Gasteiger partial charge on any atom is 0.272 e. The Balaban J connectivity index is 1.30. The number of aryl methyl sites for hydroxylation is 1. The van der Waals surface area contributed by atoms with E-state index in [1.165, 1.54) is 18.9 Å². The molecular formula is C21H27FN4O. The summed E-state index contributed by atoms with van der Waals surface area (Å²) in [4.78, 5) is 15.0. The Morgan fingerprint density at radius 3 is 2.85 bits per heavy atom. The zero-order valence-electron chi connectivity index (χ0n) is 15.6. The number of fused-ring (bicyclic) bond motifs is 1. The fourth-order valence-electron chi connectivity index (χ4n) is 4.23. The van der Waals surface area contributed by atoms with Crippen molar-refractivity contribution in [3.05, 3.63) is 52.6 Å². The topological polar surface area (TPSA) is 61.0 Å². The Bertz CT molecular complexity index is 795. The van der Waals surface area contributed by atoms with Gasteiger partial charge in [0.2, 0.25) is 0 Å². The molecule has 2 aromatic rings. The second kappa shape index (κ2) is 8.21. The number of carbonyl (C=O) groups excluding carboxylic acids is 1. The van der Waals surface area contributed by atoms with Crippen LogP contribution in [0.2, 0.25) is 0 Å². The SMILES string of the molecule is O=C(NC1CCN(Cc2cccc(F)c2)CC1)c1n[nH]c2c1CCCCC2. The average Bonchev–Trinajstić information content (AvgIpc) is 2.92. The van der Waals surface area contributed by atoms with E-state index >= 15 is 0 Å². The molecule has 0 saturated carbocycles. The molecule has 0 spiro atoms. The lowest BCUT2D eigenvalue weighted by molar-refractivity contribution is 0.0903. The van der Waals surface area contributed by atoms with Gasteiger partial charge in [-0.15, -0.1) is 0 Å². The summed E-state index contributed by atoms with van der Waals surface area (Å²) >= 11 is 0. The van der Waals surface area contributed by atoms with Gasteiger partial charge in [-0.05, 0) is 56.2 Å². The molecule has 1 amide bonds. The maximum absolute atomic E-state index is 13.3. The molecule has 144 valence electrons. The third-order valence-corrected chi connectivity index (χ3v) is 5.74. The molecule has 0 bridgehead atoms. The lowest BCUT2D eigenvalue weighted by Crippen LogP contribution is -2.44. The number of nitrogens with one attached hydrogen (secondary N) is 2. The van der Waals surface area contributed by atoms with Crippen molar-refractivity contribution in [2.75, 3.05) is 13.1 Å². The van der Waals surface area contributed by atoms with Crippen molar-refractivity contribution in [3.63, 3.8) is 0 Å². The van der Waals surface area contributed by atoms with Crippen LogP contribution in [0.5, 0.6) is 0 Å². The molecule has 1 fully saturated rings. The number of nitrogens with zero attached hydrogens (tertiary/aromatic N) is 2. The van der Waals surface area contributed by atoms with Crippen LogP contribution in [-0.4, -0.2) is 40.1 Å². The van der Waals surface area contributed by atoms with E-state index in [-0.39, 0.29) is 17.8 Å². The monoisotopic (exact) mass is 370 g/mol. The van der Waals surface area contributed by atoms with Crippen molar-refractivity contribution < 1.29 is 9.18 Å². The Morgan fingerprint density at radius 2 is 2.04 bits per heavy atom. The molecule has 2 N–H and O–H groups in total. The molecule has 2 heterocycles. The molecule has 0 atom stereocenters. The summed E-state index contributed by atoms with van der Waals surface area (Å²) in [6, 6.07) is 6.96. The summed E-state index contributed by atoms with van der Waals surface area (Å²) in [6.07, 6.45) is 7.27. The van der Waals surface area contributed by atoms with Crippen molar-refractivity contribution in [2.24, 2.45) is 0 Å². The van der Waals surface area contributed by atoms with E-state index in [9.17, 15) is 9.18 Å². The summed E-state index contributed by atoms with van der Waals surface area (Å²) in [6.45, 7) is 2.56. The maximum atomic E-state index is 13.3. The number of carbonyl (C=O) groups is 1. The van der Waals surface area contributed by atoms with Gasteiger partial charge in [-0.2, -0.15) is 5.10 Å². The number of H-pyrrole nitrogens is 1. The van der Waals surface area contributed by atoms with Crippen molar-refractivity contribution in [1.82, 2.24) is 20.4 Å². The molecule has 1 aliphatic heterocycles. The zero-order chi connectivity index (χ0) is 18.6. The Morgan fingerprint density at radius 1 is 1.22 bits per heavy atom. The van der Waals surface area contributed by atoms with Gasteiger partial charge in [-0.1, -0.05) is 18.6 Å². The highest BCUT2D eigenvalue weighted by Crippen LogP contribution is 2.22. The minimum atomic E-state index is -0.187. The first-order chi connectivity index (χ1) is 13.2. The number of aromatic amines is 1. The van der Waals surface area contributed by atoms with Crippen LogP contribution in [0.3, 0.4) is 0 Å². The number of piperidine rings is 1. The Hall–Kier alpha value is -2.21. The molecule has 1 aromatic heterocycles. The molecule has 6 heteroatoms. The van der Waals surface area contributed by atoms with Crippen LogP contribution in [0.15, 0.2) is 24.3 Å². The molecule has 4 rings (SSSR count). The fourth-order valence-corrected chi connectivity index (χ4v) is 4.23. The second-order valence-corrected chi connectivity index (χ2v) is 7.74. The number of benzene rings is 1. The van der Waals surface area contributed by atoms with Gasteiger partial charge in [0, 0.05) is 36.9 Å². The van der Waals surface area contributed by atoms with E-state index in [1.54, 1.807) is 12.1 Å². The lowest BCUT2D eigenvalue weighted by atomic mass is 10.0. The second-order valence-electron chi connectivity index (χ2n) is 7.74. The number of rotatable bonds is 4. The first-order valence-electron chi connectivity index (χ1n) is 10.0. The predicted molar refractivity (Wildman–Crippen MR) is 102 cm³/mol. The third-order valence-electron chi connectivity index (χ3n) is 5.74. The molecule has 1 aliphatic carbocycles. The largest absolute Gasteiger partial charge is 0.348 e. The molecule has 0 unspecified atom stereocenters.